The smallest absolute Gasteiger partial charge is 0.0666 e. The Morgan fingerprint density at radius 3 is 2.50 bits per heavy atom. The molecule has 1 unspecified atom stereocenters. The molecule has 0 fully saturated rings. The van der Waals surface area contributed by atoms with Crippen LogP contribution in [0.5, 0.6) is 0 Å². The predicted molar refractivity (Wildman–Crippen MR) is 34.5 cm³/mol. The van der Waals surface area contributed by atoms with Crippen molar-refractivity contribution >= 4 is 0 Å². The van der Waals surface area contributed by atoms with Gasteiger partial charge in [0.05, 0.1) is 6.10 Å². The van der Waals surface area contributed by atoms with Crippen molar-refractivity contribution in [2.24, 2.45) is 5.73 Å². The predicted octanol–water partition coefficient (Wildman–Crippen LogP) is 0.271. The highest BCUT2D eigenvalue weighted by Crippen LogP contribution is 1.93. The largest absolute Gasteiger partial charge is 0.392 e. The molecule has 2 heteroatoms. The third-order valence-corrected chi connectivity index (χ3v) is 1.06. The van der Waals surface area contributed by atoms with E-state index in [1.165, 1.54) is 0 Å². The molecule has 0 aliphatic heterocycles. The van der Waals surface area contributed by atoms with E-state index < -0.39 is 6.10 Å². The molecule has 0 spiro atoms. The van der Waals surface area contributed by atoms with Crippen molar-refractivity contribution in [2.75, 3.05) is 0 Å². The van der Waals surface area contributed by atoms with E-state index in [0.29, 0.717) is 6.42 Å². The quantitative estimate of drug-likeness (QED) is 0.519. The van der Waals surface area contributed by atoms with E-state index in [0.717, 1.165) is 0 Å². The zero-order valence-electron chi connectivity index (χ0n) is 5.17. The summed E-state index contributed by atoms with van der Waals surface area (Å²) in [6, 6.07) is -0.146. The maximum atomic E-state index is 8.78. The molecule has 0 bridgehead atoms. The standard InChI is InChI=1S/C6H13NO/c1-3-4-6(7)5(2)8/h3,5-6,8H,1,4,7H2,2H3/t5-,6?/m1/s1. The van der Waals surface area contributed by atoms with E-state index >= 15 is 0 Å². The zero-order chi connectivity index (χ0) is 6.57. The fourth-order valence-electron chi connectivity index (χ4n) is 0.389. The van der Waals surface area contributed by atoms with Crippen LogP contribution in [-0.4, -0.2) is 17.3 Å². The van der Waals surface area contributed by atoms with Gasteiger partial charge in [0.25, 0.3) is 0 Å². The molecule has 0 heterocycles. The van der Waals surface area contributed by atoms with Gasteiger partial charge in [-0.05, 0) is 13.3 Å². The number of hydrogen-bond donors (Lipinski definition) is 2. The molecule has 0 aliphatic carbocycles. The van der Waals surface area contributed by atoms with E-state index in [1.54, 1.807) is 13.0 Å². The van der Waals surface area contributed by atoms with Gasteiger partial charge in [0.15, 0.2) is 0 Å². The molecule has 0 saturated heterocycles. The van der Waals surface area contributed by atoms with Gasteiger partial charge in [0, 0.05) is 6.04 Å². The minimum Gasteiger partial charge on any atom is -0.392 e. The number of rotatable bonds is 3. The Balaban J connectivity index is 3.30. The van der Waals surface area contributed by atoms with Crippen molar-refractivity contribution in [3.63, 3.8) is 0 Å². The molecular weight excluding hydrogens is 102 g/mol. The Labute approximate surface area is 50.0 Å². The van der Waals surface area contributed by atoms with E-state index in [1.807, 2.05) is 0 Å². The summed E-state index contributed by atoms with van der Waals surface area (Å²) in [6.07, 6.45) is 1.96. The minimum absolute atomic E-state index is 0.146. The van der Waals surface area contributed by atoms with Gasteiger partial charge in [-0.2, -0.15) is 0 Å². The molecule has 0 amide bonds. The number of aliphatic hydroxyl groups is 1. The summed E-state index contributed by atoms with van der Waals surface area (Å²) in [5.74, 6) is 0. The Morgan fingerprint density at radius 1 is 1.88 bits per heavy atom. The molecule has 3 N–H and O–H groups in total. The second-order valence-corrected chi connectivity index (χ2v) is 1.93. The van der Waals surface area contributed by atoms with Crippen LogP contribution in [0.25, 0.3) is 0 Å². The lowest BCUT2D eigenvalue weighted by molar-refractivity contribution is 0.164. The highest BCUT2D eigenvalue weighted by Gasteiger charge is 2.04. The van der Waals surface area contributed by atoms with E-state index in [2.05, 4.69) is 6.58 Å². The molecule has 48 valence electrons. The molecule has 0 radical (unpaired) electrons. The van der Waals surface area contributed by atoms with Crippen LogP contribution in [0.15, 0.2) is 12.7 Å². The zero-order valence-corrected chi connectivity index (χ0v) is 5.17. The SMILES string of the molecule is C=CCC(N)[C@@H](C)O. The summed E-state index contributed by atoms with van der Waals surface area (Å²) in [7, 11) is 0. The molecule has 2 atom stereocenters. The maximum Gasteiger partial charge on any atom is 0.0666 e. The number of nitrogens with two attached hydrogens (primary N) is 1. The van der Waals surface area contributed by atoms with E-state index in [9.17, 15) is 0 Å². The lowest BCUT2D eigenvalue weighted by atomic mass is 10.1. The summed E-state index contributed by atoms with van der Waals surface area (Å²) in [6.45, 7) is 5.17. The van der Waals surface area contributed by atoms with Crippen molar-refractivity contribution in [1.82, 2.24) is 0 Å². The first-order valence-corrected chi connectivity index (χ1v) is 2.73. The van der Waals surface area contributed by atoms with Gasteiger partial charge in [-0.25, -0.2) is 0 Å². The molecule has 2 nitrogen and oxygen atoms in total. The molecular formula is C6H13NO. The Kier molecular flexibility index (Phi) is 3.48. The highest BCUT2D eigenvalue weighted by atomic mass is 16.3. The Bertz CT molecular complexity index is 70.9. The van der Waals surface area contributed by atoms with E-state index in [-0.39, 0.29) is 6.04 Å². The Morgan fingerprint density at radius 2 is 2.38 bits per heavy atom. The minimum atomic E-state index is -0.423. The van der Waals surface area contributed by atoms with Crippen LogP contribution in [-0.2, 0) is 0 Å². The second-order valence-electron chi connectivity index (χ2n) is 1.93. The van der Waals surface area contributed by atoms with E-state index in [4.69, 9.17) is 10.8 Å². The van der Waals surface area contributed by atoms with Crippen molar-refractivity contribution in [2.45, 2.75) is 25.5 Å². The Hall–Kier alpha value is -0.340. The van der Waals surface area contributed by atoms with Crippen LogP contribution in [0.2, 0.25) is 0 Å². The van der Waals surface area contributed by atoms with Crippen molar-refractivity contribution < 1.29 is 5.11 Å². The fourth-order valence-corrected chi connectivity index (χ4v) is 0.389. The summed E-state index contributed by atoms with van der Waals surface area (Å²) >= 11 is 0. The lowest BCUT2D eigenvalue weighted by Crippen LogP contribution is -2.31. The van der Waals surface area contributed by atoms with Crippen molar-refractivity contribution in [3.05, 3.63) is 12.7 Å². The van der Waals surface area contributed by atoms with Gasteiger partial charge in [-0.15, -0.1) is 6.58 Å². The van der Waals surface area contributed by atoms with Gasteiger partial charge in [-0.1, -0.05) is 6.08 Å². The number of aliphatic hydroxyl groups excluding tert-OH is 1. The van der Waals surface area contributed by atoms with Gasteiger partial charge in [0.1, 0.15) is 0 Å². The average molecular weight is 115 g/mol. The molecule has 0 aromatic rings. The van der Waals surface area contributed by atoms with Crippen LogP contribution in [0.4, 0.5) is 0 Å². The van der Waals surface area contributed by atoms with Crippen molar-refractivity contribution in [3.8, 4) is 0 Å². The van der Waals surface area contributed by atoms with Crippen LogP contribution >= 0.6 is 0 Å². The monoisotopic (exact) mass is 115 g/mol. The molecule has 0 aromatic carbocycles. The van der Waals surface area contributed by atoms with Crippen LogP contribution < -0.4 is 5.73 Å². The van der Waals surface area contributed by atoms with Gasteiger partial charge >= 0.3 is 0 Å². The summed E-state index contributed by atoms with van der Waals surface area (Å²) < 4.78 is 0. The average Bonchev–Trinajstić information content (AvgIpc) is 1.67. The van der Waals surface area contributed by atoms with Crippen LogP contribution in [0, 0.1) is 0 Å². The first-order valence-electron chi connectivity index (χ1n) is 2.73. The topological polar surface area (TPSA) is 46.2 Å². The molecule has 0 aliphatic rings. The molecule has 0 rings (SSSR count). The lowest BCUT2D eigenvalue weighted by Gasteiger charge is -2.10. The third kappa shape index (κ3) is 2.77. The molecule has 0 saturated carbocycles. The highest BCUT2D eigenvalue weighted by molar-refractivity contribution is 4.78. The maximum absolute atomic E-state index is 8.78. The second kappa shape index (κ2) is 3.64. The number of hydrogen-bond acceptors (Lipinski definition) is 2. The fraction of sp³-hybridized carbons (Fsp3) is 0.667. The normalized spacial score (nSPS) is 17.4. The first-order chi connectivity index (χ1) is 3.68. The molecule has 0 aromatic heterocycles. The van der Waals surface area contributed by atoms with Crippen molar-refractivity contribution in [1.29, 1.82) is 0 Å². The van der Waals surface area contributed by atoms with Gasteiger partial charge in [0.2, 0.25) is 0 Å². The summed E-state index contributed by atoms with van der Waals surface area (Å²) in [5, 5.41) is 8.78. The van der Waals surface area contributed by atoms with Gasteiger partial charge < -0.3 is 10.8 Å². The van der Waals surface area contributed by atoms with Gasteiger partial charge in [-0.3, -0.25) is 0 Å². The van der Waals surface area contributed by atoms with Crippen LogP contribution in [0.1, 0.15) is 13.3 Å². The molecule has 8 heavy (non-hydrogen) atoms. The van der Waals surface area contributed by atoms with Crippen LogP contribution in [0.3, 0.4) is 0 Å². The summed E-state index contributed by atoms with van der Waals surface area (Å²) in [5.41, 5.74) is 5.41. The third-order valence-electron chi connectivity index (χ3n) is 1.06. The first kappa shape index (κ1) is 7.66. The summed E-state index contributed by atoms with van der Waals surface area (Å²) in [4.78, 5) is 0.